The Hall–Kier alpha value is -2.46. The second-order valence-corrected chi connectivity index (χ2v) is 1.56. The molecule has 0 saturated carbocycles. The van der Waals surface area contributed by atoms with Crippen LogP contribution in [0.3, 0.4) is 0 Å². The van der Waals surface area contributed by atoms with Gasteiger partial charge in [-0.25, -0.2) is 29.8 Å². The number of hydrazine groups is 2. The van der Waals surface area contributed by atoms with Gasteiger partial charge in [-0.3, -0.25) is 0 Å². The van der Waals surface area contributed by atoms with E-state index in [1.165, 1.54) is 0 Å². The van der Waals surface area contributed by atoms with E-state index in [0.29, 0.717) is 0 Å². The first-order valence-corrected chi connectivity index (χ1v) is 2.55. The fraction of sp³-hybridized carbons (Fsp3) is 0. The Kier molecular flexibility index (Phi) is 3.08. The van der Waals surface area contributed by atoms with E-state index in [4.69, 9.17) is 0 Å². The average molecular weight is 193 g/mol. The van der Waals surface area contributed by atoms with Crippen molar-refractivity contribution in [2.75, 3.05) is 0 Å². The van der Waals surface area contributed by atoms with Gasteiger partial charge in [-0.2, -0.15) is 0 Å². The number of amides is 4. The van der Waals surface area contributed by atoms with E-state index >= 15 is 0 Å². The van der Waals surface area contributed by atoms with Gasteiger partial charge in [0.2, 0.25) is 0 Å². The number of carbonyl (C=O) groups is 2. The van der Waals surface area contributed by atoms with Crippen LogP contribution in [0.4, 0.5) is 9.59 Å². The number of urea groups is 2. The quantitative estimate of drug-likeness (QED) is 0.398. The molecule has 4 amide bonds. The van der Waals surface area contributed by atoms with Crippen LogP contribution in [-0.2, 0) is 0 Å². The summed E-state index contributed by atoms with van der Waals surface area (Å²) in [6.07, 6.45) is 0. The third-order valence-corrected chi connectivity index (χ3v) is 0.751. The number of primary amides is 1. The molecule has 0 saturated heterocycles. The van der Waals surface area contributed by atoms with Crippen molar-refractivity contribution in [2.45, 2.75) is 0 Å². The lowest BCUT2D eigenvalue weighted by molar-refractivity contribution is -0.618. The minimum atomic E-state index is -1.84. The molecule has 0 radical (unpaired) electrons. The zero-order valence-electron chi connectivity index (χ0n) is 5.87. The number of hydrogen-bond acceptors (Lipinski definition) is 6. The Labute approximate surface area is 69.3 Å². The fourth-order valence-electron chi connectivity index (χ4n) is 0.380. The summed E-state index contributed by atoms with van der Waals surface area (Å²) in [6.45, 7) is 0. The van der Waals surface area contributed by atoms with Crippen LogP contribution in [0.15, 0.2) is 0 Å². The Morgan fingerprint density at radius 3 is 2.00 bits per heavy atom. The van der Waals surface area contributed by atoms with Crippen molar-refractivity contribution in [3.8, 4) is 0 Å². The molecule has 0 aromatic heterocycles. The lowest BCUT2D eigenvalue weighted by atomic mass is 10.9. The van der Waals surface area contributed by atoms with Crippen molar-refractivity contribution >= 4 is 12.1 Å². The van der Waals surface area contributed by atoms with Crippen molar-refractivity contribution in [1.82, 2.24) is 10.4 Å². The molecule has 72 valence electrons. The summed E-state index contributed by atoms with van der Waals surface area (Å²) < 4.78 is 0. The Morgan fingerprint density at radius 1 is 1.31 bits per heavy atom. The van der Waals surface area contributed by atoms with Gasteiger partial charge in [-0.1, -0.05) is 0 Å². The highest BCUT2D eigenvalue weighted by molar-refractivity contribution is 5.90. The standard InChI is InChI=1S/C2H3N5O6/c3-1(8)5(7(12)13)2(9)4-6(10)11/h(H2,3,8)(H,4,9). The topological polar surface area (TPSA) is 162 Å². The second-order valence-electron chi connectivity index (χ2n) is 1.56. The number of nitrogens with two attached hydrogens (primary N) is 1. The monoisotopic (exact) mass is 193 g/mol. The van der Waals surface area contributed by atoms with E-state index in [2.05, 4.69) is 5.73 Å². The van der Waals surface area contributed by atoms with Crippen LogP contribution in [0.5, 0.6) is 0 Å². The zero-order valence-corrected chi connectivity index (χ0v) is 5.87. The summed E-state index contributed by atoms with van der Waals surface area (Å²) in [5, 5.41) is 16.0. The van der Waals surface area contributed by atoms with Crippen molar-refractivity contribution < 1.29 is 19.7 Å². The van der Waals surface area contributed by atoms with Gasteiger partial charge in [0.25, 0.3) is 0 Å². The number of nitrogens with zero attached hydrogens (tertiary/aromatic N) is 3. The average Bonchev–Trinajstić information content (AvgIpc) is 1.81. The number of nitro groups is 2. The summed E-state index contributed by atoms with van der Waals surface area (Å²) >= 11 is 0. The van der Waals surface area contributed by atoms with E-state index in [-0.39, 0.29) is 0 Å². The molecule has 0 aliphatic heterocycles. The summed E-state index contributed by atoms with van der Waals surface area (Å²) in [5.74, 6) is 0. The molecule has 11 nitrogen and oxygen atoms in total. The minimum absolute atomic E-state index is 0.733. The van der Waals surface area contributed by atoms with E-state index in [1.807, 2.05) is 0 Å². The van der Waals surface area contributed by atoms with E-state index in [9.17, 15) is 29.8 Å². The summed E-state index contributed by atoms with van der Waals surface area (Å²) in [6, 6.07) is -3.58. The maximum atomic E-state index is 10.5. The highest BCUT2D eigenvalue weighted by Crippen LogP contribution is 1.88. The maximum Gasteiger partial charge on any atom is 0.443 e. The molecule has 0 heterocycles. The zero-order chi connectivity index (χ0) is 10.6. The normalized spacial score (nSPS) is 8.62. The molecular weight excluding hydrogens is 190 g/mol. The molecule has 0 unspecified atom stereocenters. The van der Waals surface area contributed by atoms with Gasteiger partial charge in [-0.05, 0) is 5.43 Å². The van der Waals surface area contributed by atoms with Crippen LogP contribution in [0.2, 0.25) is 0 Å². The first kappa shape index (κ1) is 10.5. The maximum absolute atomic E-state index is 10.5. The van der Waals surface area contributed by atoms with Gasteiger partial charge >= 0.3 is 12.1 Å². The minimum Gasteiger partial charge on any atom is -0.347 e. The van der Waals surface area contributed by atoms with Crippen LogP contribution < -0.4 is 11.2 Å². The van der Waals surface area contributed by atoms with E-state index < -0.39 is 27.1 Å². The van der Waals surface area contributed by atoms with Gasteiger partial charge in [0.05, 0.1) is 5.01 Å². The molecular formula is C2H3N5O6. The molecule has 0 aliphatic rings. The Morgan fingerprint density at radius 2 is 1.77 bits per heavy atom. The van der Waals surface area contributed by atoms with Gasteiger partial charge in [0.1, 0.15) is 0 Å². The molecule has 3 N–H and O–H groups in total. The van der Waals surface area contributed by atoms with Crippen LogP contribution >= 0.6 is 0 Å². The van der Waals surface area contributed by atoms with Crippen LogP contribution in [0.25, 0.3) is 0 Å². The molecule has 13 heavy (non-hydrogen) atoms. The summed E-state index contributed by atoms with van der Waals surface area (Å²) in [7, 11) is 0. The van der Waals surface area contributed by atoms with E-state index in [0.717, 1.165) is 5.43 Å². The highest BCUT2D eigenvalue weighted by Gasteiger charge is 2.33. The Bertz CT molecular complexity index is 258. The first-order chi connectivity index (χ1) is 5.86. The molecule has 0 bridgehead atoms. The van der Waals surface area contributed by atoms with Gasteiger partial charge < -0.3 is 5.73 Å². The molecule has 0 atom stereocenters. The number of rotatable bonds is 2. The van der Waals surface area contributed by atoms with Crippen molar-refractivity contribution in [1.29, 1.82) is 0 Å². The number of nitrogens with one attached hydrogen (secondary N) is 1. The third kappa shape index (κ3) is 2.96. The summed E-state index contributed by atoms with van der Waals surface area (Å²) in [4.78, 5) is 40.2. The largest absolute Gasteiger partial charge is 0.443 e. The molecule has 0 fully saturated rings. The number of hydrogen-bond donors (Lipinski definition) is 2. The van der Waals surface area contributed by atoms with Crippen LogP contribution in [0, 0.1) is 20.2 Å². The Balaban J connectivity index is 4.57. The lowest BCUT2D eigenvalue weighted by Crippen LogP contribution is -2.51. The predicted octanol–water partition coefficient (Wildman–Crippen LogP) is -1.54. The van der Waals surface area contributed by atoms with Crippen molar-refractivity contribution in [3.63, 3.8) is 0 Å². The lowest BCUT2D eigenvalue weighted by Gasteiger charge is -2.03. The molecule has 0 aromatic carbocycles. The third-order valence-electron chi connectivity index (χ3n) is 0.751. The number of carbonyl (C=O) groups excluding carboxylic acids is 2. The first-order valence-electron chi connectivity index (χ1n) is 2.55. The molecule has 11 heteroatoms. The highest BCUT2D eigenvalue weighted by atomic mass is 16.7. The van der Waals surface area contributed by atoms with Gasteiger partial charge in [-0.15, -0.1) is 0 Å². The molecule has 0 aromatic rings. The summed E-state index contributed by atoms with van der Waals surface area (Å²) in [5.41, 5.74) is 5.25. The second kappa shape index (κ2) is 3.80. The SMILES string of the molecule is NC(=O)N(C(=O)N[N+](=O)[O-])[N+](=O)[O-]. The molecule has 0 rings (SSSR count). The smallest absolute Gasteiger partial charge is 0.347 e. The van der Waals surface area contributed by atoms with Gasteiger partial charge in [0.15, 0.2) is 10.1 Å². The fourth-order valence-corrected chi connectivity index (χ4v) is 0.380. The molecule has 0 spiro atoms. The van der Waals surface area contributed by atoms with Crippen molar-refractivity contribution in [2.24, 2.45) is 5.73 Å². The molecule has 0 aliphatic carbocycles. The van der Waals surface area contributed by atoms with E-state index in [1.54, 1.807) is 0 Å². The van der Waals surface area contributed by atoms with Crippen LogP contribution in [0.1, 0.15) is 0 Å². The van der Waals surface area contributed by atoms with Crippen molar-refractivity contribution in [3.05, 3.63) is 20.2 Å². The predicted molar refractivity (Wildman–Crippen MR) is 33.9 cm³/mol. The number of imide groups is 1. The van der Waals surface area contributed by atoms with Gasteiger partial charge in [0, 0.05) is 0 Å². The van der Waals surface area contributed by atoms with Crippen LogP contribution in [-0.4, -0.2) is 27.1 Å².